The molecule has 2 nitrogen and oxygen atoms in total. The van der Waals surface area contributed by atoms with E-state index in [0.717, 1.165) is 16.7 Å². The number of carbonyl (C=O) groups is 1. The standard InChI is InChI=1S/C16H10ClNOS/c17-14-8-4-1-5-10(14)9-13-11-6-2-3-7-12(11)16(20)18-15(13)19/h1-9H,(H,18,19,20). The Bertz CT molecular complexity index is 752. The number of amides is 1. The summed E-state index contributed by atoms with van der Waals surface area (Å²) in [7, 11) is 0. The van der Waals surface area contributed by atoms with Crippen LogP contribution in [0.25, 0.3) is 11.6 Å². The molecule has 1 heterocycles. The van der Waals surface area contributed by atoms with Gasteiger partial charge in [-0.05, 0) is 23.3 Å². The quantitative estimate of drug-likeness (QED) is 0.643. The molecule has 1 amide bonds. The molecule has 2 aromatic carbocycles. The molecule has 4 heteroatoms. The van der Waals surface area contributed by atoms with E-state index >= 15 is 0 Å². The average Bonchev–Trinajstić information content (AvgIpc) is 2.45. The molecule has 0 aliphatic carbocycles. The maximum absolute atomic E-state index is 12.2. The second kappa shape index (κ2) is 5.19. The average molecular weight is 300 g/mol. The van der Waals surface area contributed by atoms with Crippen LogP contribution in [0.3, 0.4) is 0 Å². The smallest absolute Gasteiger partial charge is 0.256 e. The van der Waals surface area contributed by atoms with Crippen molar-refractivity contribution in [1.82, 2.24) is 5.32 Å². The topological polar surface area (TPSA) is 29.1 Å². The van der Waals surface area contributed by atoms with Crippen LogP contribution in [0.15, 0.2) is 48.5 Å². The lowest BCUT2D eigenvalue weighted by Crippen LogP contribution is -2.35. The van der Waals surface area contributed by atoms with Gasteiger partial charge in [0.2, 0.25) is 0 Å². The molecule has 0 aromatic heterocycles. The molecule has 20 heavy (non-hydrogen) atoms. The molecular formula is C16H10ClNOS. The zero-order valence-electron chi connectivity index (χ0n) is 10.4. The van der Waals surface area contributed by atoms with Crippen molar-refractivity contribution >= 4 is 46.4 Å². The number of hydrogen-bond donors (Lipinski definition) is 1. The number of carbonyl (C=O) groups excluding carboxylic acids is 1. The first-order valence-electron chi connectivity index (χ1n) is 6.08. The molecule has 0 unspecified atom stereocenters. The molecule has 2 aromatic rings. The van der Waals surface area contributed by atoms with Crippen LogP contribution >= 0.6 is 23.8 Å². The number of halogens is 1. The van der Waals surface area contributed by atoms with Crippen molar-refractivity contribution in [2.24, 2.45) is 0 Å². The second-order valence-electron chi connectivity index (χ2n) is 4.41. The van der Waals surface area contributed by atoms with Crippen molar-refractivity contribution in [3.8, 4) is 0 Å². The molecule has 1 N–H and O–H groups in total. The van der Waals surface area contributed by atoms with Crippen molar-refractivity contribution in [2.75, 3.05) is 0 Å². The van der Waals surface area contributed by atoms with Gasteiger partial charge < -0.3 is 5.32 Å². The van der Waals surface area contributed by atoms with Gasteiger partial charge in [0.25, 0.3) is 5.91 Å². The van der Waals surface area contributed by atoms with Gasteiger partial charge in [0.1, 0.15) is 4.99 Å². The van der Waals surface area contributed by atoms with Crippen molar-refractivity contribution in [3.63, 3.8) is 0 Å². The monoisotopic (exact) mass is 299 g/mol. The van der Waals surface area contributed by atoms with E-state index in [1.54, 1.807) is 12.1 Å². The summed E-state index contributed by atoms with van der Waals surface area (Å²) < 4.78 is 0. The van der Waals surface area contributed by atoms with Crippen molar-refractivity contribution in [2.45, 2.75) is 0 Å². The Hall–Kier alpha value is -1.97. The molecule has 0 saturated carbocycles. The van der Waals surface area contributed by atoms with Crippen LogP contribution in [0.1, 0.15) is 16.7 Å². The van der Waals surface area contributed by atoms with Crippen LogP contribution in [0.4, 0.5) is 0 Å². The van der Waals surface area contributed by atoms with E-state index in [4.69, 9.17) is 23.8 Å². The molecule has 98 valence electrons. The number of nitrogens with one attached hydrogen (secondary N) is 1. The predicted octanol–water partition coefficient (Wildman–Crippen LogP) is 3.69. The molecule has 0 radical (unpaired) electrons. The SMILES string of the molecule is O=C1NC(=S)c2ccccc2C1=Cc1ccccc1Cl. The highest BCUT2D eigenvalue weighted by atomic mass is 35.5. The Kier molecular flexibility index (Phi) is 3.38. The van der Waals surface area contributed by atoms with Crippen molar-refractivity contribution in [1.29, 1.82) is 0 Å². The van der Waals surface area contributed by atoms with Crippen molar-refractivity contribution in [3.05, 3.63) is 70.2 Å². The number of rotatable bonds is 1. The highest BCUT2D eigenvalue weighted by molar-refractivity contribution is 7.80. The van der Waals surface area contributed by atoms with Gasteiger partial charge in [-0.3, -0.25) is 4.79 Å². The minimum atomic E-state index is -0.200. The molecule has 0 atom stereocenters. The zero-order valence-corrected chi connectivity index (χ0v) is 12.0. The lowest BCUT2D eigenvalue weighted by Gasteiger charge is -2.20. The van der Waals surface area contributed by atoms with Gasteiger partial charge in [-0.2, -0.15) is 0 Å². The highest BCUT2D eigenvalue weighted by Gasteiger charge is 2.24. The normalized spacial score (nSPS) is 15.9. The lowest BCUT2D eigenvalue weighted by atomic mass is 9.94. The summed E-state index contributed by atoms with van der Waals surface area (Å²) in [5.41, 5.74) is 3.07. The molecule has 1 aliphatic rings. The Morgan fingerprint density at radius 2 is 1.65 bits per heavy atom. The minimum absolute atomic E-state index is 0.200. The fourth-order valence-corrected chi connectivity index (χ4v) is 2.63. The summed E-state index contributed by atoms with van der Waals surface area (Å²) in [5, 5.41) is 3.32. The zero-order chi connectivity index (χ0) is 14.1. The highest BCUT2D eigenvalue weighted by Crippen LogP contribution is 2.28. The first kappa shape index (κ1) is 13.0. The van der Waals surface area contributed by atoms with E-state index in [1.807, 2.05) is 42.5 Å². The van der Waals surface area contributed by atoms with E-state index in [1.165, 1.54) is 0 Å². The first-order chi connectivity index (χ1) is 9.66. The lowest BCUT2D eigenvalue weighted by molar-refractivity contribution is -0.114. The largest absolute Gasteiger partial charge is 0.312 e. The second-order valence-corrected chi connectivity index (χ2v) is 5.22. The minimum Gasteiger partial charge on any atom is -0.312 e. The third kappa shape index (κ3) is 2.26. The van der Waals surface area contributed by atoms with Gasteiger partial charge in [0, 0.05) is 16.2 Å². The van der Waals surface area contributed by atoms with Crippen LogP contribution in [0.5, 0.6) is 0 Å². The fourth-order valence-electron chi connectivity index (χ4n) is 2.17. The van der Waals surface area contributed by atoms with E-state index in [9.17, 15) is 4.79 Å². The van der Waals surface area contributed by atoms with Crippen molar-refractivity contribution < 1.29 is 4.79 Å². The third-order valence-electron chi connectivity index (χ3n) is 3.14. The summed E-state index contributed by atoms with van der Waals surface area (Å²) in [4.78, 5) is 12.6. The number of hydrogen-bond acceptors (Lipinski definition) is 2. The van der Waals surface area contributed by atoms with Crippen LogP contribution in [-0.2, 0) is 4.79 Å². The number of thiocarbonyl (C=S) groups is 1. The van der Waals surface area contributed by atoms with E-state index < -0.39 is 0 Å². The predicted molar refractivity (Wildman–Crippen MR) is 85.6 cm³/mol. The van der Waals surface area contributed by atoms with Gasteiger partial charge in [-0.1, -0.05) is 66.3 Å². The van der Waals surface area contributed by atoms with Crippen LogP contribution in [-0.4, -0.2) is 10.9 Å². The number of benzene rings is 2. The molecule has 0 bridgehead atoms. The summed E-state index contributed by atoms with van der Waals surface area (Å²) in [6, 6.07) is 15.0. The first-order valence-corrected chi connectivity index (χ1v) is 6.87. The van der Waals surface area contributed by atoms with Gasteiger partial charge >= 0.3 is 0 Å². The molecule has 3 rings (SSSR count). The Morgan fingerprint density at radius 1 is 1.00 bits per heavy atom. The van der Waals surface area contributed by atoms with Gasteiger partial charge in [-0.25, -0.2) is 0 Å². The summed E-state index contributed by atoms with van der Waals surface area (Å²) >= 11 is 11.3. The molecular weight excluding hydrogens is 290 g/mol. The van der Waals surface area contributed by atoms with Crippen LogP contribution in [0.2, 0.25) is 5.02 Å². The number of fused-ring (bicyclic) bond motifs is 1. The van der Waals surface area contributed by atoms with Crippen LogP contribution in [0, 0.1) is 0 Å². The summed E-state index contributed by atoms with van der Waals surface area (Å²) in [5.74, 6) is -0.200. The third-order valence-corrected chi connectivity index (χ3v) is 3.80. The maximum Gasteiger partial charge on any atom is 0.256 e. The van der Waals surface area contributed by atoms with Gasteiger partial charge in [0.05, 0.1) is 0 Å². The fraction of sp³-hybridized carbons (Fsp3) is 0. The van der Waals surface area contributed by atoms with Crippen LogP contribution < -0.4 is 5.32 Å². The van der Waals surface area contributed by atoms with Gasteiger partial charge in [0.15, 0.2) is 0 Å². The molecule has 0 spiro atoms. The molecule has 0 fully saturated rings. The Balaban J connectivity index is 2.19. The summed E-state index contributed by atoms with van der Waals surface area (Å²) in [6.07, 6.45) is 1.79. The van der Waals surface area contributed by atoms with Gasteiger partial charge in [-0.15, -0.1) is 0 Å². The van der Waals surface area contributed by atoms with E-state index in [-0.39, 0.29) is 5.91 Å². The van der Waals surface area contributed by atoms with E-state index in [0.29, 0.717) is 15.6 Å². The Labute approximate surface area is 127 Å². The Morgan fingerprint density at radius 3 is 2.40 bits per heavy atom. The molecule has 1 aliphatic heterocycles. The maximum atomic E-state index is 12.2. The van der Waals surface area contributed by atoms with E-state index in [2.05, 4.69) is 5.32 Å². The molecule has 0 saturated heterocycles. The summed E-state index contributed by atoms with van der Waals surface area (Å²) in [6.45, 7) is 0.